The molecule has 0 bridgehead atoms. The van der Waals surface area contributed by atoms with Crippen molar-refractivity contribution in [1.82, 2.24) is 0 Å². The Kier molecular flexibility index (Phi) is 6.96. The van der Waals surface area contributed by atoms with Crippen molar-refractivity contribution in [3.63, 3.8) is 0 Å². The second kappa shape index (κ2) is 9.82. The lowest BCUT2D eigenvalue weighted by molar-refractivity contribution is -0.132. The summed E-state index contributed by atoms with van der Waals surface area (Å²) in [6, 6.07) is 15.9. The van der Waals surface area contributed by atoms with Crippen molar-refractivity contribution in [1.29, 1.82) is 0 Å². The van der Waals surface area contributed by atoms with Crippen LogP contribution in [0.3, 0.4) is 0 Å². The van der Waals surface area contributed by atoms with Gasteiger partial charge < -0.3 is 14.7 Å². The molecule has 2 heterocycles. The maximum atomic E-state index is 13.4. The summed E-state index contributed by atoms with van der Waals surface area (Å²) in [5, 5.41) is 13.4. The maximum absolute atomic E-state index is 13.4. The summed E-state index contributed by atoms with van der Waals surface area (Å²) in [5.41, 5.74) is 2.80. The summed E-state index contributed by atoms with van der Waals surface area (Å²) in [5.74, 6) is -0.811. The van der Waals surface area contributed by atoms with E-state index in [2.05, 4.69) is 20.8 Å². The second-order valence-corrected chi connectivity index (χ2v) is 11.0. The van der Waals surface area contributed by atoms with Crippen LogP contribution in [-0.2, 0) is 15.0 Å². The van der Waals surface area contributed by atoms with E-state index in [0.29, 0.717) is 17.9 Å². The van der Waals surface area contributed by atoms with Gasteiger partial charge in [0, 0.05) is 41.5 Å². The van der Waals surface area contributed by atoms with Gasteiger partial charge >= 0.3 is 0 Å². The van der Waals surface area contributed by atoms with Gasteiger partial charge in [-0.25, -0.2) is 0 Å². The lowest BCUT2D eigenvalue weighted by Gasteiger charge is -2.25. The Balaban J connectivity index is 1.88. The minimum atomic E-state index is -0.722. The van der Waals surface area contributed by atoms with Crippen LogP contribution in [-0.4, -0.2) is 37.5 Å². The highest BCUT2D eigenvalue weighted by Gasteiger charge is 2.47. The fraction of sp³-hybridized carbons (Fsp3) is 0.310. The van der Waals surface area contributed by atoms with Crippen molar-refractivity contribution in [2.75, 3.05) is 30.5 Å². The smallest absolute Gasteiger partial charge is 0.300 e. The molecule has 0 spiro atoms. The van der Waals surface area contributed by atoms with E-state index in [0.717, 1.165) is 21.9 Å². The number of ether oxygens (including phenoxy) is 1. The van der Waals surface area contributed by atoms with Crippen LogP contribution in [0, 0.1) is 0 Å². The average Bonchev–Trinajstić information content (AvgIpc) is 3.45. The maximum Gasteiger partial charge on any atom is 0.300 e. The van der Waals surface area contributed by atoms with E-state index in [4.69, 9.17) is 4.74 Å². The highest BCUT2D eigenvalue weighted by atomic mass is 32.1. The van der Waals surface area contributed by atoms with E-state index >= 15 is 0 Å². The first kappa shape index (κ1) is 25.5. The standard InChI is InChI=1S/C29H32N2O4S/c1-7-35-22-15-10-18(17-21(22)29(2,3)4)26(32)24-25(23-9-8-16-36-23)31(28(34)27(24)33)20-13-11-19(12-14-20)30(5)6/h8-17,25,32H,7H2,1-6H3/b26-24-. The molecule has 6 nitrogen and oxygen atoms in total. The van der Waals surface area contributed by atoms with Crippen LogP contribution in [0.25, 0.3) is 5.76 Å². The van der Waals surface area contributed by atoms with Crippen molar-refractivity contribution < 1.29 is 19.4 Å². The lowest BCUT2D eigenvalue weighted by Crippen LogP contribution is -2.29. The Morgan fingerprint density at radius 1 is 1.08 bits per heavy atom. The van der Waals surface area contributed by atoms with Gasteiger partial charge in [-0.2, -0.15) is 0 Å². The molecule has 1 N–H and O–H groups in total. The van der Waals surface area contributed by atoms with Crippen molar-refractivity contribution in [2.45, 2.75) is 39.2 Å². The average molecular weight is 505 g/mol. The Bertz CT molecular complexity index is 1300. The zero-order valence-electron chi connectivity index (χ0n) is 21.5. The monoisotopic (exact) mass is 504 g/mol. The number of Topliss-reactive ketones (excluding diaryl/α,β-unsaturated/α-hetero) is 1. The number of nitrogens with zero attached hydrogens (tertiary/aromatic N) is 2. The molecule has 7 heteroatoms. The van der Waals surface area contributed by atoms with E-state index < -0.39 is 17.7 Å². The van der Waals surface area contributed by atoms with Crippen molar-refractivity contribution in [3.8, 4) is 5.75 Å². The normalized spacial score (nSPS) is 17.5. The largest absolute Gasteiger partial charge is 0.507 e. The van der Waals surface area contributed by atoms with Gasteiger partial charge in [-0.3, -0.25) is 14.5 Å². The number of amides is 1. The molecule has 0 aliphatic carbocycles. The van der Waals surface area contributed by atoms with E-state index in [9.17, 15) is 14.7 Å². The van der Waals surface area contributed by atoms with Gasteiger partial charge in [0.25, 0.3) is 11.7 Å². The van der Waals surface area contributed by atoms with Crippen molar-refractivity contribution >= 4 is 40.2 Å². The van der Waals surface area contributed by atoms with Gasteiger partial charge in [-0.1, -0.05) is 26.8 Å². The molecule has 1 unspecified atom stereocenters. The molecule has 188 valence electrons. The zero-order chi connectivity index (χ0) is 26.2. The van der Waals surface area contributed by atoms with E-state index in [1.165, 1.54) is 16.2 Å². The molecule has 1 aliphatic heterocycles. The third-order valence-electron chi connectivity index (χ3n) is 6.26. The molecule has 0 radical (unpaired) electrons. The van der Waals surface area contributed by atoms with Gasteiger partial charge in [0.15, 0.2) is 0 Å². The van der Waals surface area contributed by atoms with E-state index in [-0.39, 0.29) is 16.7 Å². The van der Waals surface area contributed by atoms with E-state index in [1.807, 2.05) is 79.8 Å². The molecule has 1 amide bonds. The topological polar surface area (TPSA) is 70.1 Å². The molecular weight excluding hydrogens is 472 g/mol. The highest BCUT2D eigenvalue weighted by Crippen LogP contribution is 2.44. The van der Waals surface area contributed by atoms with Crippen LogP contribution in [0.5, 0.6) is 5.75 Å². The zero-order valence-corrected chi connectivity index (χ0v) is 22.3. The second-order valence-electron chi connectivity index (χ2n) is 9.99. The molecule has 36 heavy (non-hydrogen) atoms. The Morgan fingerprint density at radius 3 is 2.33 bits per heavy atom. The third kappa shape index (κ3) is 4.63. The molecule has 0 saturated carbocycles. The molecule has 1 atom stereocenters. The number of carbonyl (C=O) groups is 2. The van der Waals surface area contributed by atoms with Crippen LogP contribution >= 0.6 is 11.3 Å². The van der Waals surface area contributed by atoms with Crippen LogP contribution in [0.2, 0.25) is 0 Å². The number of ketones is 1. The van der Waals surface area contributed by atoms with Gasteiger partial charge in [0.05, 0.1) is 12.2 Å². The molecule has 1 aromatic heterocycles. The van der Waals surface area contributed by atoms with Gasteiger partial charge in [0.2, 0.25) is 0 Å². The fourth-order valence-electron chi connectivity index (χ4n) is 4.43. The number of carbonyl (C=O) groups excluding carboxylic acids is 2. The minimum absolute atomic E-state index is 0.0863. The van der Waals surface area contributed by atoms with Crippen LogP contribution < -0.4 is 14.5 Å². The summed E-state index contributed by atoms with van der Waals surface area (Å²) in [7, 11) is 3.88. The quantitative estimate of drug-likeness (QED) is 0.248. The number of benzene rings is 2. The molecular formula is C29H32N2O4S. The highest BCUT2D eigenvalue weighted by molar-refractivity contribution is 7.10. The summed E-state index contributed by atoms with van der Waals surface area (Å²) >= 11 is 1.44. The Hall–Kier alpha value is -3.58. The van der Waals surface area contributed by atoms with Crippen molar-refractivity contribution in [3.05, 3.63) is 81.6 Å². The molecule has 2 aromatic carbocycles. The molecule has 4 rings (SSSR count). The van der Waals surface area contributed by atoms with Gasteiger partial charge in [-0.15, -0.1) is 11.3 Å². The lowest BCUT2D eigenvalue weighted by atomic mass is 9.84. The third-order valence-corrected chi connectivity index (χ3v) is 7.19. The van der Waals surface area contributed by atoms with Gasteiger partial charge in [0.1, 0.15) is 17.6 Å². The Labute approximate surface area is 216 Å². The van der Waals surface area contributed by atoms with Gasteiger partial charge in [-0.05, 0) is 66.2 Å². The molecule has 1 saturated heterocycles. The summed E-state index contributed by atoms with van der Waals surface area (Å²) in [4.78, 5) is 31.0. The predicted octanol–water partition coefficient (Wildman–Crippen LogP) is 6.14. The SMILES string of the molecule is CCOc1ccc(/C(O)=C2/C(=O)C(=O)N(c3ccc(N(C)C)cc3)C2c2cccs2)cc1C(C)(C)C. The number of rotatable bonds is 6. The minimum Gasteiger partial charge on any atom is -0.507 e. The number of hydrogen-bond acceptors (Lipinski definition) is 6. The summed E-state index contributed by atoms with van der Waals surface area (Å²) in [6.45, 7) is 8.64. The summed E-state index contributed by atoms with van der Waals surface area (Å²) in [6.07, 6.45) is 0. The first-order chi connectivity index (χ1) is 17.0. The number of hydrogen-bond donors (Lipinski definition) is 1. The summed E-state index contributed by atoms with van der Waals surface area (Å²) < 4.78 is 5.81. The number of aliphatic hydroxyl groups is 1. The predicted molar refractivity (Wildman–Crippen MR) is 146 cm³/mol. The molecule has 1 aliphatic rings. The molecule has 1 fully saturated rings. The fourth-order valence-corrected chi connectivity index (χ4v) is 5.25. The van der Waals surface area contributed by atoms with Crippen LogP contribution in [0.4, 0.5) is 11.4 Å². The number of thiophene rings is 1. The van der Waals surface area contributed by atoms with Crippen LogP contribution in [0.15, 0.2) is 65.6 Å². The van der Waals surface area contributed by atoms with Crippen molar-refractivity contribution in [2.24, 2.45) is 0 Å². The number of anilines is 2. The van der Waals surface area contributed by atoms with E-state index in [1.54, 1.807) is 6.07 Å². The first-order valence-corrected chi connectivity index (χ1v) is 12.8. The first-order valence-electron chi connectivity index (χ1n) is 11.9. The van der Waals surface area contributed by atoms with Crippen LogP contribution in [0.1, 0.15) is 49.7 Å². The Morgan fingerprint density at radius 2 is 1.78 bits per heavy atom. The number of aliphatic hydroxyl groups excluding tert-OH is 1. The molecule has 3 aromatic rings.